The highest BCUT2D eigenvalue weighted by molar-refractivity contribution is 7.80. The molecule has 2 unspecified atom stereocenters. The Morgan fingerprint density at radius 3 is 2.29 bits per heavy atom. The standard InChI is InChI=1S/C10H10ClF3O2S/c11-7-3-5(9(16)8(15)4-17)1-2-6(7)10(12,13)14/h1-3,8-9,15-17H,4H2. The van der Waals surface area contributed by atoms with Crippen LogP contribution >= 0.6 is 24.2 Å². The van der Waals surface area contributed by atoms with E-state index in [1.165, 1.54) is 0 Å². The minimum absolute atomic E-state index is 0.0141. The molecule has 1 rings (SSSR count). The number of hydrogen-bond donors (Lipinski definition) is 3. The molecular weight excluding hydrogens is 277 g/mol. The van der Waals surface area contributed by atoms with Gasteiger partial charge in [0.2, 0.25) is 0 Å². The Balaban J connectivity index is 3.05. The fourth-order valence-electron chi connectivity index (χ4n) is 1.27. The third kappa shape index (κ3) is 3.51. The Bertz CT molecular complexity index is 398. The van der Waals surface area contributed by atoms with E-state index in [1.54, 1.807) is 0 Å². The minimum atomic E-state index is -4.54. The van der Waals surface area contributed by atoms with Crippen molar-refractivity contribution in [1.82, 2.24) is 0 Å². The first kappa shape index (κ1) is 14.6. The molecule has 0 radical (unpaired) electrons. The van der Waals surface area contributed by atoms with Crippen LogP contribution in [0.5, 0.6) is 0 Å². The summed E-state index contributed by atoms with van der Waals surface area (Å²) in [6.07, 6.45) is -7.01. The molecule has 96 valence electrons. The summed E-state index contributed by atoms with van der Waals surface area (Å²) in [6, 6.07) is 2.83. The Morgan fingerprint density at radius 2 is 1.88 bits per heavy atom. The molecule has 0 saturated heterocycles. The van der Waals surface area contributed by atoms with Gasteiger partial charge in [-0.1, -0.05) is 17.7 Å². The van der Waals surface area contributed by atoms with E-state index in [0.29, 0.717) is 0 Å². The number of rotatable bonds is 3. The zero-order valence-corrected chi connectivity index (χ0v) is 10.1. The van der Waals surface area contributed by atoms with E-state index >= 15 is 0 Å². The molecule has 2 N–H and O–H groups in total. The summed E-state index contributed by atoms with van der Waals surface area (Å²) in [5.74, 6) is -0.0141. The highest BCUT2D eigenvalue weighted by Crippen LogP contribution is 2.36. The van der Waals surface area contributed by atoms with E-state index < -0.39 is 29.0 Å². The van der Waals surface area contributed by atoms with Crippen LogP contribution < -0.4 is 0 Å². The smallest absolute Gasteiger partial charge is 0.389 e. The molecule has 0 aliphatic heterocycles. The van der Waals surface area contributed by atoms with Crippen molar-refractivity contribution < 1.29 is 23.4 Å². The Labute approximate surface area is 106 Å². The van der Waals surface area contributed by atoms with Crippen LogP contribution in [0.25, 0.3) is 0 Å². The van der Waals surface area contributed by atoms with Crippen molar-refractivity contribution in [1.29, 1.82) is 0 Å². The van der Waals surface area contributed by atoms with Crippen LogP contribution in [0.1, 0.15) is 17.2 Å². The van der Waals surface area contributed by atoms with E-state index in [-0.39, 0.29) is 11.3 Å². The zero-order valence-electron chi connectivity index (χ0n) is 8.45. The summed E-state index contributed by atoms with van der Waals surface area (Å²) < 4.78 is 37.2. The second-order valence-electron chi connectivity index (χ2n) is 3.43. The molecule has 0 amide bonds. The van der Waals surface area contributed by atoms with Gasteiger partial charge in [-0.15, -0.1) is 0 Å². The molecule has 7 heteroatoms. The van der Waals surface area contributed by atoms with Gasteiger partial charge in [-0.25, -0.2) is 0 Å². The molecule has 0 saturated carbocycles. The number of aliphatic hydroxyl groups excluding tert-OH is 2. The molecule has 0 aliphatic rings. The predicted octanol–water partition coefficient (Wildman–Crippen LogP) is 2.68. The maximum absolute atomic E-state index is 12.4. The fraction of sp³-hybridized carbons (Fsp3) is 0.400. The van der Waals surface area contributed by atoms with Crippen molar-refractivity contribution in [2.24, 2.45) is 0 Å². The number of aliphatic hydroxyl groups is 2. The summed E-state index contributed by atoms with van der Waals surface area (Å²) >= 11 is 9.25. The van der Waals surface area contributed by atoms with Crippen molar-refractivity contribution >= 4 is 24.2 Å². The quantitative estimate of drug-likeness (QED) is 0.748. The molecule has 1 aromatic rings. The summed E-state index contributed by atoms with van der Waals surface area (Å²) in [6.45, 7) is 0. The van der Waals surface area contributed by atoms with Gasteiger partial charge in [0.25, 0.3) is 0 Å². The summed E-state index contributed by atoms with van der Waals surface area (Å²) in [5.41, 5.74) is -0.861. The van der Waals surface area contributed by atoms with E-state index in [9.17, 15) is 23.4 Å². The van der Waals surface area contributed by atoms with Crippen molar-refractivity contribution in [2.75, 3.05) is 5.75 Å². The lowest BCUT2D eigenvalue weighted by Crippen LogP contribution is -2.20. The SMILES string of the molecule is OC(CS)C(O)c1ccc(C(F)(F)F)c(Cl)c1. The van der Waals surface area contributed by atoms with E-state index in [1.807, 2.05) is 0 Å². The molecular formula is C10H10ClF3O2S. The Kier molecular flexibility index (Phi) is 4.71. The molecule has 0 bridgehead atoms. The largest absolute Gasteiger partial charge is 0.417 e. The summed E-state index contributed by atoms with van der Waals surface area (Å²) in [4.78, 5) is 0. The average Bonchev–Trinajstić information content (AvgIpc) is 2.25. The molecule has 17 heavy (non-hydrogen) atoms. The summed E-state index contributed by atoms with van der Waals surface area (Å²) in [5, 5.41) is 18.4. The molecule has 2 atom stereocenters. The molecule has 0 fully saturated rings. The van der Waals surface area contributed by atoms with Crippen molar-refractivity contribution in [3.05, 3.63) is 34.3 Å². The van der Waals surface area contributed by atoms with Gasteiger partial charge in [0.05, 0.1) is 16.7 Å². The first-order valence-corrected chi connectivity index (χ1v) is 5.62. The van der Waals surface area contributed by atoms with Crippen LogP contribution in [0.15, 0.2) is 18.2 Å². The molecule has 0 heterocycles. The van der Waals surface area contributed by atoms with Gasteiger partial charge in [-0.3, -0.25) is 0 Å². The minimum Gasteiger partial charge on any atom is -0.389 e. The lowest BCUT2D eigenvalue weighted by molar-refractivity contribution is -0.137. The summed E-state index contributed by atoms with van der Waals surface area (Å²) in [7, 11) is 0. The van der Waals surface area contributed by atoms with E-state index in [0.717, 1.165) is 18.2 Å². The maximum Gasteiger partial charge on any atom is 0.417 e. The highest BCUT2D eigenvalue weighted by Gasteiger charge is 2.33. The molecule has 1 aromatic carbocycles. The molecule has 0 aliphatic carbocycles. The van der Waals surface area contributed by atoms with E-state index in [2.05, 4.69) is 12.6 Å². The highest BCUT2D eigenvalue weighted by atomic mass is 35.5. The lowest BCUT2D eigenvalue weighted by atomic mass is 10.0. The Morgan fingerprint density at radius 1 is 1.29 bits per heavy atom. The zero-order chi connectivity index (χ0) is 13.2. The first-order chi connectivity index (χ1) is 7.77. The van der Waals surface area contributed by atoms with Crippen LogP contribution in [0.2, 0.25) is 5.02 Å². The van der Waals surface area contributed by atoms with Crippen molar-refractivity contribution in [2.45, 2.75) is 18.4 Å². The topological polar surface area (TPSA) is 40.5 Å². The van der Waals surface area contributed by atoms with Crippen LogP contribution in [0.3, 0.4) is 0 Å². The predicted molar refractivity (Wildman–Crippen MR) is 61.3 cm³/mol. The van der Waals surface area contributed by atoms with Gasteiger partial charge in [-0.2, -0.15) is 25.8 Å². The number of benzene rings is 1. The first-order valence-electron chi connectivity index (χ1n) is 4.61. The van der Waals surface area contributed by atoms with Gasteiger partial charge in [0.1, 0.15) is 6.10 Å². The average molecular weight is 287 g/mol. The monoisotopic (exact) mass is 286 g/mol. The molecule has 2 nitrogen and oxygen atoms in total. The normalized spacial score (nSPS) is 15.7. The molecule has 0 aromatic heterocycles. The van der Waals surface area contributed by atoms with Gasteiger partial charge >= 0.3 is 6.18 Å². The van der Waals surface area contributed by atoms with Gasteiger partial charge < -0.3 is 10.2 Å². The molecule has 0 spiro atoms. The third-order valence-electron chi connectivity index (χ3n) is 2.19. The number of halogens is 4. The van der Waals surface area contributed by atoms with Crippen LogP contribution in [0, 0.1) is 0 Å². The van der Waals surface area contributed by atoms with E-state index in [4.69, 9.17) is 11.6 Å². The number of thiol groups is 1. The van der Waals surface area contributed by atoms with Crippen molar-refractivity contribution in [3.63, 3.8) is 0 Å². The van der Waals surface area contributed by atoms with Gasteiger partial charge in [0, 0.05) is 5.75 Å². The van der Waals surface area contributed by atoms with Crippen molar-refractivity contribution in [3.8, 4) is 0 Å². The van der Waals surface area contributed by atoms with Gasteiger partial charge in [-0.05, 0) is 17.7 Å². The van der Waals surface area contributed by atoms with Crippen LogP contribution in [-0.4, -0.2) is 22.1 Å². The second kappa shape index (κ2) is 5.48. The lowest BCUT2D eigenvalue weighted by Gasteiger charge is -2.17. The fourth-order valence-corrected chi connectivity index (χ4v) is 1.76. The number of alkyl halides is 3. The van der Waals surface area contributed by atoms with Crippen LogP contribution in [0.4, 0.5) is 13.2 Å². The Hall–Kier alpha value is -0.430. The van der Waals surface area contributed by atoms with Gasteiger partial charge in [0.15, 0.2) is 0 Å². The maximum atomic E-state index is 12.4. The third-order valence-corrected chi connectivity index (χ3v) is 2.88. The number of hydrogen-bond acceptors (Lipinski definition) is 3. The van der Waals surface area contributed by atoms with Crippen LogP contribution in [-0.2, 0) is 6.18 Å². The second-order valence-corrected chi connectivity index (χ2v) is 4.20.